The summed E-state index contributed by atoms with van der Waals surface area (Å²) >= 11 is 0. The molecule has 6 aliphatic rings. The molecule has 6 fully saturated rings. The predicted octanol–water partition coefficient (Wildman–Crippen LogP) is 1.97. The molecule has 6 saturated carbocycles. The van der Waals surface area contributed by atoms with Gasteiger partial charge in [0.2, 0.25) is 0 Å². The second-order valence-electron chi connectivity index (χ2n) is 4.62. The Morgan fingerprint density at radius 2 is 0.625 bits per heavy atom. The molecule has 0 spiro atoms. The van der Waals surface area contributed by atoms with Crippen LogP contribution in [0.2, 0.25) is 0 Å². The largest absolute Gasteiger partial charge is 0.0312 e. The van der Waals surface area contributed by atoms with Crippen molar-refractivity contribution in [1.29, 1.82) is 0 Å². The van der Waals surface area contributed by atoms with Gasteiger partial charge in [-0.2, -0.15) is 0 Å². The van der Waals surface area contributed by atoms with Gasteiger partial charge in [-0.15, -0.1) is 0 Å². The lowest BCUT2D eigenvalue weighted by molar-refractivity contribution is -0.565. The van der Waals surface area contributed by atoms with Gasteiger partial charge in [0.1, 0.15) is 0 Å². The maximum Gasteiger partial charge on any atom is 0 e. The van der Waals surface area contributed by atoms with Gasteiger partial charge in [-0.1, -0.05) is 0 Å². The third-order valence-electron chi connectivity index (χ3n) is 5.33. The van der Waals surface area contributed by atoms with E-state index in [1.807, 2.05) is 0 Å². The summed E-state index contributed by atoms with van der Waals surface area (Å²) < 4.78 is 40.0. The van der Waals surface area contributed by atoms with E-state index in [9.17, 15) is 0 Å². The molecule has 0 radical (unpaired) electrons. The minimum Gasteiger partial charge on any atom is -0.0312 e. The Hall–Kier alpha value is 0. The van der Waals surface area contributed by atoms with Gasteiger partial charge in [0.15, 0.2) is 0 Å². The highest BCUT2D eigenvalue weighted by Gasteiger charge is 2.97. The second kappa shape index (κ2) is 0.438. The van der Waals surface area contributed by atoms with Crippen LogP contribution in [0, 0.1) is 47.3 Å². The van der Waals surface area contributed by atoms with Crippen molar-refractivity contribution < 1.29 is 11.9 Å². The molecule has 0 heteroatoms. The van der Waals surface area contributed by atoms with Crippen molar-refractivity contribution in [1.82, 2.24) is 0 Å². The quantitative estimate of drug-likeness (QED) is 0.468. The summed E-state index contributed by atoms with van der Waals surface area (Å²) in [5.41, 5.74) is 0. The van der Waals surface area contributed by atoms with E-state index in [0.29, 0.717) is 0 Å². The third kappa shape index (κ3) is 0.0651. The Morgan fingerprint density at radius 3 is 0.750 bits per heavy atom. The van der Waals surface area contributed by atoms with E-state index in [1.54, 1.807) is 0 Å². The standard InChI is InChI=1S/C8H8.4H2/c1-2-5-3(1)7-4(1)6(2)8(5)7;;;;/h1-8H;4*1H/i;4*1+2T. The van der Waals surface area contributed by atoms with E-state index in [2.05, 4.69) is 0 Å². The molecule has 0 unspecified atom stereocenters. The average molecular weight is 128 g/mol. The molecule has 48 valence electrons. The SMILES string of the molecule is C12C3C4C1C1C2C3C41.[3H][3H].[3H][3H].[3H][3H].[3H][3H]. The minimum absolute atomic E-state index is 1.33. The van der Waals surface area contributed by atoms with Crippen LogP contribution < -0.4 is 0 Å². The van der Waals surface area contributed by atoms with Crippen molar-refractivity contribution in [2.24, 2.45) is 47.3 Å². The first-order valence-electron chi connectivity index (χ1n) is 8.00. The summed E-state index contributed by atoms with van der Waals surface area (Å²) in [5, 5.41) is 0. The van der Waals surface area contributed by atoms with Crippen LogP contribution in [0.5, 0.6) is 0 Å². The molecular weight excluding hydrogens is 96.1 g/mol. The first kappa shape index (κ1) is 1.53. The van der Waals surface area contributed by atoms with Crippen molar-refractivity contribution in [2.75, 3.05) is 0 Å². The van der Waals surface area contributed by atoms with Gasteiger partial charge in [-0.25, -0.2) is 0 Å². The molecule has 0 saturated heterocycles. The Morgan fingerprint density at radius 1 is 0.500 bits per heavy atom. The summed E-state index contributed by atoms with van der Waals surface area (Å²) in [4.78, 5) is 0. The van der Waals surface area contributed by atoms with E-state index in [-0.39, 0.29) is 0 Å². The lowest BCUT2D eigenvalue weighted by atomic mass is 9.01. The van der Waals surface area contributed by atoms with Crippen molar-refractivity contribution >= 4 is 0 Å². The van der Waals surface area contributed by atoms with Crippen molar-refractivity contribution in [3.8, 4) is 0 Å². The highest BCUT2D eigenvalue weighted by Crippen LogP contribution is 3.00. The van der Waals surface area contributed by atoms with Gasteiger partial charge in [0, 0.05) is 11.9 Å². The Bertz CT molecular complexity index is 126. The molecular formula is C8H16. The minimum atomic E-state index is 1.33. The molecule has 0 amide bonds. The van der Waals surface area contributed by atoms with E-state index >= 15 is 0 Å². The zero-order valence-corrected chi connectivity index (χ0v) is 4.62. The van der Waals surface area contributed by atoms with E-state index in [4.69, 9.17) is 11.9 Å². The summed E-state index contributed by atoms with van der Waals surface area (Å²) in [6, 6.07) is 0. The maximum absolute atomic E-state index is 5.00. The monoisotopic (exact) mass is 128 g/mol. The Kier molecular flexibility index (Phi) is 0.0837. The topological polar surface area (TPSA) is 0 Å². The van der Waals surface area contributed by atoms with Gasteiger partial charge in [-0.05, 0) is 47.3 Å². The molecule has 0 bridgehead atoms. The first-order valence-corrected chi connectivity index (χ1v) is 4.00. The Balaban J connectivity index is 0.000000143. The molecule has 8 heavy (non-hydrogen) atoms. The summed E-state index contributed by atoms with van der Waals surface area (Å²) in [5.74, 6) is 10.7. The molecule has 0 aromatic heterocycles. The fourth-order valence-electron chi connectivity index (χ4n) is 5.29. The number of rotatable bonds is 0. The molecule has 0 aromatic carbocycles. The van der Waals surface area contributed by atoms with Crippen molar-refractivity contribution in [3.05, 3.63) is 0 Å². The van der Waals surface area contributed by atoms with E-state index < -0.39 is 0 Å². The highest BCUT2D eigenvalue weighted by atomic mass is 15.0. The fourth-order valence-corrected chi connectivity index (χ4v) is 5.29. The molecule has 0 aromatic rings. The van der Waals surface area contributed by atoms with Crippen LogP contribution in [0.25, 0.3) is 0 Å². The molecule has 0 heterocycles. The molecule has 0 atom stereocenters. The van der Waals surface area contributed by atoms with Gasteiger partial charge < -0.3 is 0 Å². The zero-order chi connectivity index (χ0) is 12.6. The third-order valence-corrected chi connectivity index (χ3v) is 5.33. The summed E-state index contributed by atoms with van der Waals surface area (Å²) in [6.07, 6.45) is 0. The Labute approximate surface area is 60.6 Å². The first-order chi connectivity index (χ1) is 8.00. The fraction of sp³-hybridized carbons (Fsp3) is 1.00. The van der Waals surface area contributed by atoms with Crippen LogP contribution in [0.4, 0.5) is 0 Å². The molecule has 6 rings (SSSR count). The smallest absolute Gasteiger partial charge is 0 e. The van der Waals surface area contributed by atoms with Crippen LogP contribution in [0.1, 0.15) is 11.9 Å². The predicted molar refractivity (Wildman–Crippen MR) is 36.4 cm³/mol. The van der Waals surface area contributed by atoms with Crippen LogP contribution in [0.3, 0.4) is 0 Å². The van der Waals surface area contributed by atoms with E-state index in [0.717, 1.165) is 0 Å². The van der Waals surface area contributed by atoms with Gasteiger partial charge >= 0.3 is 0 Å². The molecule has 6 aliphatic carbocycles. The zero-order valence-electron chi connectivity index (χ0n) is 12.6. The lowest BCUT2D eigenvalue weighted by Gasteiger charge is -3.03. The van der Waals surface area contributed by atoms with E-state index in [1.165, 1.54) is 47.3 Å². The van der Waals surface area contributed by atoms with Crippen LogP contribution >= 0.6 is 0 Å². The second-order valence-corrected chi connectivity index (χ2v) is 4.62. The van der Waals surface area contributed by atoms with Crippen molar-refractivity contribution in [2.45, 2.75) is 0 Å². The maximum atomic E-state index is 5.00. The molecule has 0 nitrogen and oxygen atoms in total. The summed E-state index contributed by atoms with van der Waals surface area (Å²) in [7, 11) is 0. The molecule has 0 N–H and O–H groups in total. The number of hydrogen-bond donors (Lipinski definition) is 0. The van der Waals surface area contributed by atoms with Crippen LogP contribution in [0.15, 0.2) is 0 Å². The van der Waals surface area contributed by atoms with Crippen LogP contribution in [-0.2, 0) is 0 Å². The normalized spacial score (nSPS) is 112. The van der Waals surface area contributed by atoms with Gasteiger partial charge in [0.05, 0.1) is 0 Å². The molecule has 0 aliphatic heterocycles. The average Bonchev–Trinajstić information content (AvgIpc) is 2.48. The summed E-state index contributed by atoms with van der Waals surface area (Å²) in [6.45, 7) is 0. The van der Waals surface area contributed by atoms with Crippen molar-refractivity contribution in [3.63, 3.8) is 0 Å². The highest BCUT2D eigenvalue weighted by molar-refractivity contribution is 5.44. The van der Waals surface area contributed by atoms with Gasteiger partial charge in [-0.3, -0.25) is 0 Å². The number of hydrogen-bond acceptors (Lipinski definition) is 0. The lowest BCUT2D eigenvalue weighted by Crippen LogP contribution is -3.00. The van der Waals surface area contributed by atoms with Crippen LogP contribution in [-0.4, -0.2) is 0 Å². The van der Waals surface area contributed by atoms with Gasteiger partial charge in [0.25, 0.3) is 0 Å².